The zero-order valence-corrected chi connectivity index (χ0v) is 13.4. The molecule has 1 aliphatic rings. The maximum Gasteiger partial charge on any atom is 0.309 e. The van der Waals surface area contributed by atoms with Gasteiger partial charge in [0, 0.05) is 5.02 Å². The summed E-state index contributed by atoms with van der Waals surface area (Å²) >= 11 is 5.88. The van der Waals surface area contributed by atoms with Gasteiger partial charge in [0.25, 0.3) is 0 Å². The lowest BCUT2D eigenvalue weighted by molar-refractivity contribution is -0.155. The summed E-state index contributed by atoms with van der Waals surface area (Å²) in [6.07, 6.45) is 0.901. The summed E-state index contributed by atoms with van der Waals surface area (Å²) in [5.74, 6) is 0.992. The molecule has 1 aromatic rings. The van der Waals surface area contributed by atoms with E-state index in [-0.39, 0.29) is 18.0 Å². The summed E-state index contributed by atoms with van der Waals surface area (Å²) in [6.45, 7) is 8.39. The summed E-state index contributed by atoms with van der Waals surface area (Å²) in [5.41, 5.74) is 1.18. The van der Waals surface area contributed by atoms with E-state index in [1.165, 1.54) is 5.56 Å². The van der Waals surface area contributed by atoms with Gasteiger partial charge in [-0.25, -0.2) is 0 Å². The van der Waals surface area contributed by atoms with Crippen molar-refractivity contribution < 1.29 is 9.53 Å². The molecular weight excluding hydrogens is 272 g/mol. The molecule has 0 amide bonds. The largest absolute Gasteiger partial charge is 0.462 e. The second-order valence-corrected chi connectivity index (χ2v) is 6.83. The fraction of sp³-hybridized carbons (Fsp3) is 0.588. The van der Waals surface area contributed by atoms with Crippen molar-refractivity contribution in [3.8, 4) is 0 Å². The summed E-state index contributed by atoms with van der Waals surface area (Å²) in [7, 11) is 0. The fourth-order valence-corrected chi connectivity index (χ4v) is 2.92. The van der Waals surface area contributed by atoms with Crippen LogP contribution >= 0.6 is 11.6 Å². The molecule has 2 rings (SSSR count). The van der Waals surface area contributed by atoms with E-state index >= 15 is 0 Å². The molecule has 110 valence electrons. The summed E-state index contributed by atoms with van der Waals surface area (Å²) in [5, 5.41) is 0.730. The van der Waals surface area contributed by atoms with Crippen LogP contribution in [0, 0.1) is 17.8 Å². The van der Waals surface area contributed by atoms with E-state index in [4.69, 9.17) is 16.3 Å². The molecule has 0 bridgehead atoms. The van der Waals surface area contributed by atoms with Gasteiger partial charge in [-0.3, -0.25) is 4.79 Å². The normalized spacial score (nSPS) is 21.6. The molecule has 20 heavy (non-hydrogen) atoms. The molecule has 0 radical (unpaired) electrons. The van der Waals surface area contributed by atoms with Crippen molar-refractivity contribution in [2.45, 2.75) is 46.1 Å². The number of hydrogen-bond acceptors (Lipinski definition) is 2. The predicted octanol–water partition coefficient (Wildman–Crippen LogP) is 4.67. The lowest BCUT2D eigenvalue weighted by atomic mass is 9.96. The third kappa shape index (κ3) is 3.54. The van der Waals surface area contributed by atoms with E-state index in [9.17, 15) is 4.79 Å². The topological polar surface area (TPSA) is 26.3 Å². The van der Waals surface area contributed by atoms with Crippen LogP contribution in [0.5, 0.6) is 0 Å². The average Bonchev–Trinajstić information content (AvgIpc) is 3.16. The number of benzene rings is 1. The van der Waals surface area contributed by atoms with Crippen molar-refractivity contribution in [1.82, 2.24) is 0 Å². The van der Waals surface area contributed by atoms with Gasteiger partial charge in [0.1, 0.15) is 6.10 Å². The molecular formula is C17H23ClO2. The molecule has 2 atom stereocenters. The number of carbonyl (C=O) groups is 1. The van der Waals surface area contributed by atoms with Gasteiger partial charge in [0.05, 0.1) is 5.92 Å². The van der Waals surface area contributed by atoms with E-state index in [0.29, 0.717) is 17.8 Å². The van der Waals surface area contributed by atoms with Crippen LogP contribution in [0.2, 0.25) is 5.02 Å². The third-order valence-electron chi connectivity index (χ3n) is 3.96. The molecule has 0 aliphatic heterocycles. The molecule has 0 spiro atoms. The zero-order valence-electron chi connectivity index (χ0n) is 12.6. The van der Waals surface area contributed by atoms with Crippen LogP contribution < -0.4 is 0 Å². The first-order valence-electron chi connectivity index (χ1n) is 7.36. The smallest absolute Gasteiger partial charge is 0.309 e. The first kappa shape index (κ1) is 15.4. The van der Waals surface area contributed by atoms with E-state index < -0.39 is 0 Å². The Morgan fingerprint density at radius 2 is 1.70 bits per heavy atom. The molecule has 0 saturated heterocycles. The summed E-state index contributed by atoms with van der Waals surface area (Å²) < 4.78 is 5.71. The van der Waals surface area contributed by atoms with Crippen molar-refractivity contribution in [2.75, 3.05) is 0 Å². The Hall–Kier alpha value is -1.02. The van der Waals surface area contributed by atoms with Crippen molar-refractivity contribution in [3.63, 3.8) is 0 Å². The number of carbonyl (C=O) groups excluding carboxylic acids is 1. The molecule has 1 aromatic carbocycles. The van der Waals surface area contributed by atoms with Crippen LogP contribution in [0.15, 0.2) is 24.3 Å². The average molecular weight is 295 g/mol. The minimum atomic E-state index is -0.0441. The number of halogens is 1. The van der Waals surface area contributed by atoms with Gasteiger partial charge in [-0.05, 0) is 41.9 Å². The maximum atomic E-state index is 12.2. The van der Waals surface area contributed by atoms with Crippen LogP contribution in [0.4, 0.5) is 0 Å². The molecule has 3 heteroatoms. The van der Waals surface area contributed by atoms with Crippen LogP contribution in [-0.4, -0.2) is 12.1 Å². The minimum Gasteiger partial charge on any atom is -0.462 e. The monoisotopic (exact) mass is 294 g/mol. The molecule has 0 heterocycles. The first-order chi connectivity index (χ1) is 9.40. The molecule has 1 saturated carbocycles. The van der Waals surface area contributed by atoms with E-state index in [0.717, 1.165) is 11.4 Å². The second-order valence-electron chi connectivity index (χ2n) is 6.39. The molecule has 1 aliphatic carbocycles. The molecule has 0 unspecified atom stereocenters. The van der Waals surface area contributed by atoms with Gasteiger partial charge in [0.2, 0.25) is 0 Å². The Morgan fingerprint density at radius 3 is 2.20 bits per heavy atom. The van der Waals surface area contributed by atoms with Gasteiger partial charge in [-0.2, -0.15) is 0 Å². The van der Waals surface area contributed by atoms with Crippen LogP contribution in [0.1, 0.15) is 45.6 Å². The van der Waals surface area contributed by atoms with Gasteiger partial charge >= 0.3 is 5.97 Å². The van der Waals surface area contributed by atoms with Crippen molar-refractivity contribution in [3.05, 3.63) is 34.9 Å². The van der Waals surface area contributed by atoms with Gasteiger partial charge in [-0.1, -0.05) is 51.4 Å². The molecule has 0 aromatic heterocycles. The summed E-state index contributed by atoms with van der Waals surface area (Å²) in [4.78, 5) is 12.2. The quantitative estimate of drug-likeness (QED) is 0.738. The molecule has 2 nitrogen and oxygen atoms in total. The predicted molar refractivity (Wildman–Crippen MR) is 81.9 cm³/mol. The SMILES string of the molecule is CC(C)C(OC(=O)[C@H]1C[C@@H]1c1ccc(Cl)cc1)C(C)C. The van der Waals surface area contributed by atoms with Gasteiger partial charge < -0.3 is 4.74 Å². The van der Waals surface area contributed by atoms with E-state index in [2.05, 4.69) is 27.7 Å². The number of esters is 1. The fourth-order valence-electron chi connectivity index (χ4n) is 2.80. The number of ether oxygens (including phenoxy) is 1. The Labute approximate surface area is 126 Å². The first-order valence-corrected chi connectivity index (χ1v) is 7.74. The van der Waals surface area contributed by atoms with Gasteiger partial charge in [0.15, 0.2) is 0 Å². The Bertz CT molecular complexity index is 456. The Morgan fingerprint density at radius 1 is 1.15 bits per heavy atom. The maximum absolute atomic E-state index is 12.2. The Balaban J connectivity index is 1.94. The lowest BCUT2D eigenvalue weighted by Gasteiger charge is -2.25. The number of rotatable bonds is 5. The van der Waals surface area contributed by atoms with E-state index in [1.54, 1.807) is 0 Å². The van der Waals surface area contributed by atoms with Crippen LogP contribution in [0.25, 0.3) is 0 Å². The molecule has 1 fully saturated rings. The van der Waals surface area contributed by atoms with Crippen molar-refractivity contribution >= 4 is 17.6 Å². The third-order valence-corrected chi connectivity index (χ3v) is 4.21. The van der Waals surface area contributed by atoms with Crippen molar-refractivity contribution in [2.24, 2.45) is 17.8 Å². The standard InChI is InChI=1S/C17H23ClO2/c1-10(2)16(11(3)4)20-17(19)15-9-14(15)12-5-7-13(18)8-6-12/h5-8,10-11,14-16H,9H2,1-4H3/t14-,15+/m1/s1. The summed E-state index contributed by atoms with van der Waals surface area (Å²) in [6, 6.07) is 7.76. The number of hydrogen-bond donors (Lipinski definition) is 0. The van der Waals surface area contributed by atoms with Crippen LogP contribution in [0.3, 0.4) is 0 Å². The highest BCUT2D eigenvalue weighted by Crippen LogP contribution is 2.48. The molecule has 0 N–H and O–H groups in total. The van der Waals surface area contributed by atoms with Crippen molar-refractivity contribution in [1.29, 1.82) is 0 Å². The minimum absolute atomic E-state index is 0.00830. The Kier molecular flexibility index (Phi) is 4.74. The van der Waals surface area contributed by atoms with Gasteiger partial charge in [-0.15, -0.1) is 0 Å². The highest BCUT2D eigenvalue weighted by atomic mass is 35.5. The zero-order chi connectivity index (χ0) is 14.9. The second kappa shape index (κ2) is 6.17. The van der Waals surface area contributed by atoms with E-state index in [1.807, 2.05) is 24.3 Å². The highest BCUT2D eigenvalue weighted by Gasteiger charge is 2.46. The highest BCUT2D eigenvalue weighted by molar-refractivity contribution is 6.30. The lowest BCUT2D eigenvalue weighted by Crippen LogP contribution is -2.29. The van der Waals surface area contributed by atoms with Crippen LogP contribution in [-0.2, 0) is 9.53 Å².